The number of benzene rings is 2. The van der Waals surface area contributed by atoms with E-state index in [2.05, 4.69) is 15.5 Å². The van der Waals surface area contributed by atoms with E-state index in [1.54, 1.807) is 37.4 Å². The number of likely N-dealkylation sites (tertiary alicyclic amines) is 1. The molecule has 0 saturated carbocycles. The molecule has 1 saturated heterocycles. The van der Waals surface area contributed by atoms with Gasteiger partial charge in [0.15, 0.2) is 11.5 Å². The van der Waals surface area contributed by atoms with Crippen LogP contribution >= 0.6 is 11.3 Å². The van der Waals surface area contributed by atoms with E-state index in [4.69, 9.17) is 14.2 Å². The van der Waals surface area contributed by atoms with Gasteiger partial charge in [-0.05, 0) is 43.2 Å². The predicted molar refractivity (Wildman–Crippen MR) is 121 cm³/mol. The number of carbonyl (C=O) groups excluding carboxylic acids is 2. The lowest BCUT2D eigenvalue weighted by molar-refractivity contribution is 0.0712. The van der Waals surface area contributed by atoms with E-state index < -0.39 is 0 Å². The van der Waals surface area contributed by atoms with Crippen molar-refractivity contribution in [2.24, 2.45) is 0 Å². The Morgan fingerprint density at radius 3 is 2.73 bits per heavy atom. The van der Waals surface area contributed by atoms with Crippen molar-refractivity contribution in [3.05, 3.63) is 58.0 Å². The maximum absolute atomic E-state index is 12.8. The Bertz CT molecular complexity index is 1190. The number of piperidine rings is 1. The summed E-state index contributed by atoms with van der Waals surface area (Å²) in [5.41, 5.74) is 1.22. The normalized spacial score (nSPS) is 15.4. The molecule has 170 valence electrons. The maximum atomic E-state index is 12.8. The molecule has 0 spiro atoms. The number of fused-ring (bicyclic) bond motifs is 1. The molecule has 3 aromatic rings. The van der Waals surface area contributed by atoms with Crippen LogP contribution in [0.1, 0.15) is 43.9 Å². The SMILES string of the molecule is COc1cccc(C(=O)N2CCC(c3nnc(C(=O)Nc4ccc5c(c4)OCO5)s3)CC2)c1. The van der Waals surface area contributed by atoms with E-state index in [0.29, 0.717) is 46.6 Å². The van der Waals surface area contributed by atoms with Crippen LogP contribution in [0, 0.1) is 0 Å². The van der Waals surface area contributed by atoms with Crippen LogP contribution in [0.5, 0.6) is 17.2 Å². The highest BCUT2D eigenvalue weighted by atomic mass is 32.1. The quantitative estimate of drug-likeness (QED) is 0.613. The van der Waals surface area contributed by atoms with Gasteiger partial charge < -0.3 is 24.4 Å². The number of methoxy groups -OCH3 is 1. The van der Waals surface area contributed by atoms with Gasteiger partial charge in [-0.15, -0.1) is 10.2 Å². The number of hydrogen-bond donors (Lipinski definition) is 1. The molecule has 10 heteroatoms. The average molecular weight is 467 g/mol. The molecule has 0 bridgehead atoms. The van der Waals surface area contributed by atoms with Gasteiger partial charge in [0.05, 0.1) is 7.11 Å². The molecule has 0 atom stereocenters. The van der Waals surface area contributed by atoms with Crippen LogP contribution in [-0.2, 0) is 0 Å². The number of carbonyl (C=O) groups is 2. The first-order valence-electron chi connectivity index (χ1n) is 10.6. The zero-order valence-corrected chi connectivity index (χ0v) is 18.8. The summed E-state index contributed by atoms with van der Waals surface area (Å²) < 4.78 is 15.8. The third kappa shape index (κ3) is 4.47. The second-order valence-corrected chi connectivity index (χ2v) is 8.78. The second kappa shape index (κ2) is 9.07. The summed E-state index contributed by atoms with van der Waals surface area (Å²) >= 11 is 1.29. The van der Waals surface area contributed by atoms with Gasteiger partial charge in [0.2, 0.25) is 11.8 Å². The number of nitrogens with one attached hydrogen (secondary N) is 1. The van der Waals surface area contributed by atoms with Gasteiger partial charge in [-0.3, -0.25) is 9.59 Å². The summed E-state index contributed by atoms with van der Waals surface area (Å²) in [7, 11) is 1.58. The topological polar surface area (TPSA) is 103 Å². The van der Waals surface area contributed by atoms with Crippen LogP contribution in [0.3, 0.4) is 0 Å². The van der Waals surface area contributed by atoms with Crippen LogP contribution in [0.4, 0.5) is 5.69 Å². The number of ether oxygens (including phenoxy) is 3. The Kier molecular flexibility index (Phi) is 5.82. The van der Waals surface area contributed by atoms with E-state index in [1.165, 1.54) is 11.3 Å². The van der Waals surface area contributed by atoms with Gasteiger partial charge in [0.1, 0.15) is 10.8 Å². The Morgan fingerprint density at radius 1 is 1.09 bits per heavy atom. The summed E-state index contributed by atoms with van der Waals surface area (Å²) in [5.74, 6) is 1.76. The van der Waals surface area contributed by atoms with E-state index in [9.17, 15) is 9.59 Å². The molecule has 1 N–H and O–H groups in total. The predicted octanol–water partition coefficient (Wildman–Crippen LogP) is 3.55. The van der Waals surface area contributed by atoms with Crippen molar-refractivity contribution >= 4 is 28.8 Å². The number of amides is 2. The van der Waals surface area contributed by atoms with Gasteiger partial charge >= 0.3 is 0 Å². The number of rotatable bonds is 5. The summed E-state index contributed by atoms with van der Waals surface area (Å²) in [5, 5.41) is 12.3. The lowest BCUT2D eigenvalue weighted by Gasteiger charge is -2.31. The first kappa shape index (κ1) is 21.2. The minimum absolute atomic E-state index is 0.00611. The van der Waals surface area contributed by atoms with Crippen molar-refractivity contribution < 1.29 is 23.8 Å². The molecular weight excluding hydrogens is 444 g/mol. The molecule has 2 aromatic carbocycles. The Morgan fingerprint density at radius 2 is 1.91 bits per heavy atom. The molecule has 1 fully saturated rings. The largest absolute Gasteiger partial charge is 0.497 e. The van der Waals surface area contributed by atoms with Crippen molar-refractivity contribution in [1.82, 2.24) is 15.1 Å². The van der Waals surface area contributed by atoms with Gasteiger partial charge in [-0.1, -0.05) is 17.4 Å². The van der Waals surface area contributed by atoms with Crippen LogP contribution < -0.4 is 19.5 Å². The zero-order valence-electron chi connectivity index (χ0n) is 17.9. The third-order valence-corrected chi connectivity index (χ3v) is 6.80. The van der Waals surface area contributed by atoms with Crippen molar-refractivity contribution in [2.45, 2.75) is 18.8 Å². The first-order valence-corrected chi connectivity index (χ1v) is 11.4. The van der Waals surface area contributed by atoms with Gasteiger partial charge in [0, 0.05) is 36.3 Å². The molecule has 3 heterocycles. The lowest BCUT2D eigenvalue weighted by Crippen LogP contribution is -2.37. The van der Waals surface area contributed by atoms with E-state index in [0.717, 1.165) is 17.8 Å². The molecule has 9 nitrogen and oxygen atoms in total. The highest BCUT2D eigenvalue weighted by molar-refractivity contribution is 7.13. The summed E-state index contributed by atoms with van der Waals surface area (Å²) in [6.07, 6.45) is 1.54. The van der Waals surface area contributed by atoms with Crippen molar-refractivity contribution in [2.75, 3.05) is 32.3 Å². The number of aromatic nitrogens is 2. The van der Waals surface area contributed by atoms with Crippen molar-refractivity contribution in [1.29, 1.82) is 0 Å². The molecular formula is C23H22N4O5S. The number of nitrogens with zero attached hydrogens (tertiary/aromatic N) is 3. The second-order valence-electron chi connectivity index (χ2n) is 7.77. The Labute approximate surface area is 194 Å². The first-order chi connectivity index (χ1) is 16.1. The third-order valence-electron chi connectivity index (χ3n) is 5.71. The molecule has 2 aliphatic heterocycles. The fraction of sp³-hybridized carbons (Fsp3) is 0.304. The molecule has 33 heavy (non-hydrogen) atoms. The monoisotopic (exact) mass is 466 g/mol. The fourth-order valence-corrected chi connectivity index (χ4v) is 4.83. The van der Waals surface area contributed by atoms with Crippen LogP contribution in [0.15, 0.2) is 42.5 Å². The standard InChI is InChI=1S/C23H22N4O5S/c1-30-17-4-2-3-15(11-17)23(29)27-9-7-14(8-10-27)21-25-26-22(33-21)20(28)24-16-5-6-18-19(12-16)32-13-31-18/h2-6,11-12,14H,7-10,13H2,1H3,(H,24,28). The molecule has 1 aromatic heterocycles. The van der Waals surface area contributed by atoms with Crippen LogP contribution in [-0.4, -0.2) is 53.9 Å². The molecule has 2 aliphatic rings. The Hall–Kier alpha value is -3.66. The molecule has 2 amide bonds. The molecule has 5 rings (SSSR count). The molecule has 0 unspecified atom stereocenters. The van der Waals surface area contributed by atoms with Crippen molar-refractivity contribution in [3.63, 3.8) is 0 Å². The van der Waals surface area contributed by atoms with E-state index in [1.807, 2.05) is 17.0 Å². The van der Waals surface area contributed by atoms with Crippen molar-refractivity contribution in [3.8, 4) is 17.2 Å². The summed E-state index contributed by atoms with van der Waals surface area (Å²) in [4.78, 5) is 27.3. The highest BCUT2D eigenvalue weighted by Gasteiger charge is 2.28. The van der Waals surface area contributed by atoms with E-state index in [-0.39, 0.29) is 24.5 Å². The zero-order chi connectivity index (χ0) is 22.8. The van der Waals surface area contributed by atoms with Gasteiger partial charge in [-0.25, -0.2) is 0 Å². The minimum atomic E-state index is -0.316. The lowest BCUT2D eigenvalue weighted by atomic mass is 9.97. The molecule has 0 radical (unpaired) electrons. The average Bonchev–Trinajstić information content (AvgIpc) is 3.53. The highest BCUT2D eigenvalue weighted by Crippen LogP contribution is 2.35. The Balaban J connectivity index is 1.18. The number of anilines is 1. The smallest absolute Gasteiger partial charge is 0.286 e. The minimum Gasteiger partial charge on any atom is -0.497 e. The van der Waals surface area contributed by atoms with Gasteiger partial charge in [0.25, 0.3) is 11.8 Å². The van der Waals surface area contributed by atoms with Crippen LogP contribution in [0.2, 0.25) is 0 Å². The summed E-state index contributed by atoms with van der Waals surface area (Å²) in [6.45, 7) is 1.43. The van der Waals surface area contributed by atoms with Crippen LogP contribution in [0.25, 0.3) is 0 Å². The maximum Gasteiger partial charge on any atom is 0.286 e. The van der Waals surface area contributed by atoms with Gasteiger partial charge in [-0.2, -0.15) is 0 Å². The fourth-order valence-electron chi connectivity index (χ4n) is 3.92. The summed E-state index contributed by atoms with van der Waals surface area (Å²) in [6, 6.07) is 12.4. The number of hydrogen-bond acceptors (Lipinski definition) is 8. The molecule has 0 aliphatic carbocycles. The van der Waals surface area contributed by atoms with E-state index >= 15 is 0 Å².